The molecule has 3 aromatic carbocycles. The number of hydrogen-bond donors (Lipinski definition) is 1. The van der Waals surface area contributed by atoms with Gasteiger partial charge in [-0.3, -0.25) is 9.69 Å². The van der Waals surface area contributed by atoms with Gasteiger partial charge in [0.25, 0.3) is 5.91 Å². The zero-order valence-electron chi connectivity index (χ0n) is 16.8. The van der Waals surface area contributed by atoms with Gasteiger partial charge in [0.1, 0.15) is 0 Å². The Morgan fingerprint density at radius 1 is 0.903 bits per heavy atom. The summed E-state index contributed by atoms with van der Waals surface area (Å²) in [5.41, 5.74) is 2.83. The van der Waals surface area contributed by atoms with E-state index in [1.165, 1.54) is 5.56 Å². The highest BCUT2D eigenvalue weighted by Crippen LogP contribution is 2.23. The van der Waals surface area contributed by atoms with Crippen LogP contribution in [0.3, 0.4) is 0 Å². The molecule has 3 aromatic rings. The molecular formula is C24H22ClF2N3O. The van der Waals surface area contributed by atoms with Crippen LogP contribution in [0, 0.1) is 11.6 Å². The summed E-state index contributed by atoms with van der Waals surface area (Å²) in [7, 11) is 0. The number of piperazine rings is 1. The average molecular weight is 442 g/mol. The van der Waals surface area contributed by atoms with Crippen LogP contribution in [0.2, 0.25) is 5.02 Å². The van der Waals surface area contributed by atoms with Gasteiger partial charge < -0.3 is 10.2 Å². The van der Waals surface area contributed by atoms with E-state index in [0.717, 1.165) is 50.5 Å². The van der Waals surface area contributed by atoms with Crippen molar-refractivity contribution in [2.24, 2.45) is 0 Å². The summed E-state index contributed by atoms with van der Waals surface area (Å²) < 4.78 is 26.6. The maximum atomic E-state index is 13.4. The zero-order chi connectivity index (χ0) is 21.8. The van der Waals surface area contributed by atoms with E-state index in [9.17, 15) is 13.6 Å². The zero-order valence-corrected chi connectivity index (χ0v) is 17.6. The van der Waals surface area contributed by atoms with Gasteiger partial charge in [0.15, 0.2) is 11.6 Å². The molecule has 0 radical (unpaired) electrons. The number of carbonyl (C=O) groups excluding carboxylic acids is 1. The minimum atomic E-state index is -1.11. The van der Waals surface area contributed by atoms with Gasteiger partial charge in [-0.15, -0.1) is 0 Å². The lowest BCUT2D eigenvalue weighted by atomic mass is 10.1. The second-order valence-electron chi connectivity index (χ2n) is 7.50. The molecule has 1 fully saturated rings. The molecule has 0 spiro atoms. The minimum absolute atomic E-state index is 0.112. The van der Waals surface area contributed by atoms with Crippen molar-refractivity contribution in [2.45, 2.75) is 6.54 Å². The molecule has 0 bridgehead atoms. The summed E-state index contributed by atoms with van der Waals surface area (Å²) in [5.74, 6) is -2.79. The predicted octanol–water partition coefficient (Wildman–Crippen LogP) is 5.19. The first-order valence-electron chi connectivity index (χ1n) is 10.1. The molecule has 0 atom stereocenters. The molecule has 4 rings (SSSR count). The summed E-state index contributed by atoms with van der Waals surface area (Å²) in [6, 6.07) is 19.5. The Kier molecular flexibility index (Phi) is 6.49. The van der Waals surface area contributed by atoms with Crippen LogP contribution in [0.5, 0.6) is 0 Å². The van der Waals surface area contributed by atoms with Gasteiger partial charge in [-0.25, -0.2) is 8.78 Å². The molecule has 1 N–H and O–H groups in total. The second kappa shape index (κ2) is 9.45. The quantitative estimate of drug-likeness (QED) is 0.553. The summed E-state index contributed by atoms with van der Waals surface area (Å²) in [6.07, 6.45) is 0. The monoisotopic (exact) mass is 441 g/mol. The predicted molar refractivity (Wildman–Crippen MR) is 120 cm³/mol. The van der Waals surface area contributed by atoms with E-state index in [4.69, 9.17) is 11.6 Å². The van der Waals surface area contributed by atoms with Crippen molar-refractivity contribution in [1.82, 2.24) is 4.90 Å². The number of benzene rings is 3. The summed E-state index contributed by atoms with van der Waals surface area (Å²) in [5, 5.41) is 2.53. The Hall–Kier alpha value is -2.96. The molecule has 0 aromatic heterocycles. The number of carbonyl (C=O) groups is 1. The molecular weight excluding hydrogens is 420 g/mol. The van der Waals surface area contributed by atoms with Crippen molar-refractivity contribution in [2.75, 3.05) is 36.4 Å². The van der Waals surface area contributed by atoms with E-state index in [1.54, 1.807) is 12.1 Å². The Morgan fingerprint density at radius 2 is 1.55 bits per heavy atom. The Balaban J connectivity index is 1.33. The van der Waals surface area contributed by atoms with Crippen LogP contribution in [0.4, 0.5) is 20.2 Å². The molecule has 0 unspecified atom stereocenters. The normalized spacial score (nSPS) is 14.5. The Labute approximate surface area is 185 Å². The van der Waals surface area contributed by atoms with Crippen LogP contribution in [-0.2, 0) is 6.54 Å². The fourth-order valence-electron chi connectivity index (χ4n) is 3.66. The average Bonchev–Trinajstić information content (AvgIpc) is 2.78. The standard InChI is InChI=1S/C24H22ClF2N3O/c25-21-15-23(27)22(26)14-20(21)24(31)28-18-6-8-19(9-7-18)30-12-10-29(11-13-30)16-17-4-2-1-3-5-17/h1-9,14-15H,10-13,16H2,(H,28,31). The van der Waals surface area contributed by atoms with E-state index in [1.807, 2.05) is 18.2 Å². The SMILES string of the molecule is O=C(Nc1ccc(N2CCN(Cc3ccccc3)CC2)cc1)c1cc(F)c(F)cc1Cl. The third-order valence-electron chi connectivity index (χ3n) is 5.37. The molecule has 31 heavy (non-hydrogen) atoms. The van der Waals surface area contributed by atoms with Crippen molar-refractivity contribution in [3.8, 4) is 0 Å². The fourth-order valence-corrected chi connectivity index (χ4v) is 3.89. The summed E-state index contributed by atoms with van der Waals surface area (Å²) >= 11 is 5.87. The molecule has 0 saturated carbocycles. The molecule has 4 nitrogen and oxygen atoms in total. The lowest BCUT2D eigenvalue weighted by Gasteiger charge is -2.36. The number of amides is 1. The molecule has 1 aliphatic heterocycles. The largest absolute Gasteiger partial charge is 0.369 e. The lowest BCUT2D eigenvalue weighted by molar-refractivity contribution is 0.102. The van der Waals surface area contributed by atoms with Gasteiger partial charge >= 0.3 is 0 Å². The first-order valence-corrected chi connectivity index (χ1v) is 10.4. The first kappa shape index (κ1) is 21.3. The van der Waals surface area contributed by atoms with E-state index < -0.39 is 17.5 Å². The van der Waals surface area contributed by atoms with Crippen molar-refractivity contribution in [3.05, 3.63) is 94.5 Å². The van der Waals surface area contributed by atoms with Crippen LogP contribution < -0.4 is 10.2 Å². The second-order valence-corrected chi connectivity index (χ2v) is 7.90. The third kappa shape index (κ3) is 5.21. The molecule has 1 heterocycles. The Bertz CT molecular complexity index is 1050. The highest BCUT2D eigenvalue weighted by Gasteiger charge is 2.18. The van der Waals surface area contributed by atoms with Crippen LogP contribution in [-0.4, -0.2) is 37.0 Å². The van der Waals surface area contributed by atoms with Crippen molar-refractivity contribution < 1.29 is 13.6 Å². The van der Waals surface area contributed by atoms with E-state index in [0.29, 0.717) is 5.69 Å². The van der Waals surface area contributed by atoms with Crippen molar-refractivity contribution in [1.29, 1.82) is 0 Å². The van der Waals surface area contributed by atoms with E-state index in [-0.39, 0.29) is 10.6 Å². The first-order chi connectivity index (χ1) is 15.0. The van der Waals surface area contributed by atoms with E-state index in [2.05, 4.69) is 39.4 Å². The van der Waals surface area contributed by atoms with Crippen molar-refractivity contribution >= 4 is 28.9 Å². The summed E-state index contributed by atoms with van der Waals surface area (Å²) in [6.45, 7) is 4.74. The van der Waals surface area contributed by atoms with Crippen molar-refractivity contribution in [3.63, 3.8) is 0 Å². The lowest BCUT2D eigenvalue weighted by Crippen LogP contribution is -2.45. The molecule has 1 aliphatic rings. The maximum absolute atomic E-state index is 13.4. The molecule has 160 valence electrons. The van der Waals surface area contributed by atoms with E-state index >= 15 is 0 Å². The highest BCUT2D eigenvalue weighted by molar-refractivity contribution is 6.34. The number of anilines is 2. The van der Waals surface area contributed by atoms with Crippen LogP contribution in [0.1, 0.15) is 15.9 Å². The fraction of sp³-hybridized carbons (Fsp3) is 0.208. The van der Waals surface area contributed by atoms with Crippen LogP contribution in [0.15, 0.2) is 66.7 Å². The molecule has 1 saturated heterocycles. The molecule has 7 heteroatoms. The Morgan fingerprint density at radius 3 is 2.23 bits per heavy atom. The van der Waals surface area contributed by atoms with Crippen LogP contribution in [0.25, 0.3) is 0 Å². The third-order valence-corrected chi connectivity index (χ3v) is 5.68. The number of rotatable bonds is 5. The molecule has 0 aliphatic carbocycles. The van der Waals surface area contributed by atoms with Gasteiger partial charge in [-0.1, -0.05) is 41.9 Å². The maximum Gasteiger partial charge on any atom is 0.257 e. The number of nitrogens with zero attached hydrogens (tertiary/aromatic N) is 2. The number of nitrogens with one attached hydrogen (secondary N) is 1. The molecule has 1 amide bonds. The van der Waals surface area contributed by atoms with Gasteiger partial charge in [0, 0.05) is 44.1 Å². The van der Waals surface area contributed by atoms with Gasteiger partial charge in [0.2, 0.25) is 0 Å². The smallest absolute Gasteiger partial charge is 0.257 e. The van der Waals surface area contributed by atoms with Gasteiger partial charge in [-0.2, -0.15) is 0 Å². The van der Waals surface area contributed by atoms with Gasteiger partial charge in [-0.05, 0) is 42.0 Å². The number of hydrogen-bond acceptors (Lipinski definition) is 3. The number of halogens is 3. The van der Waals surface area contributed by atoms with Gasteiger partial charge in [0.05, 0.1) is 10.6 Å². The summed E-state index contributed by atoms with van der Waals surface area (Å²) in [4.78, 5) is 17.1. The topological polar surface area (TPSA) is 35.6 Å². The highest BCUT2D eigenvalue weighted by atomic mass is 35.5. The minimum Gasteiger partial charge on any atom is -0.369 e. The van der Waals surface area contributed by atoms with Crippen LogP contribution >= 0.6 is 11.6 Å².